The van der Waals surface area contributed by atoms with Crippen molar-refractivity contribution < 1.29 is 96.9 Å². The zero-order valence-electron chi connectivity index (χ0n) is 31.9. The van der Waals surface area contributed by atoms with Gasteiger partial charge in [0.25, 0.3) is 0 Å². The van der Waals surface area contributed by atoms with E-state index >= 15 is 0 Å². The predicted molar refractivity (Wildman–Crippen MR) is 192 cm³/mol. The Bertz CT molecular complexity index is 1860. The van der Waals surface area contributed by atoms with E-state index in [-0.39, 0.29) is 23.0 Å². The molecule has 0 saturated carbocycles. The maximum Gasteiger partial charge on any atom is 0.331 e. The van der Waals surface area contributed by atoms with Gasteiger partial charge >= 0.3 is 29.8 Å². The van der Waals surface area contributed by atoms with Gasteiger partial charge in [-0.3, -0.25) is 14.4 Å². The fourth-order valence-corrected chi connectivity index (χ4v) is 5.87. The van der Waals surface area contributed by atoms with Crippen LogP contribution in [0.2, 0.25) is 0 Å². The maximum absolute atomic E-state index is 13.3. The van der Waals surface area contributed by atoms with Gasteiger partial charge in [0.2, 0.25) is 12.1 Å². The Morgan fingerprint density at radius 2 is 1.24 bits per heavy atom. The number of benzene rings is 2. The van der Waals surface area contributed by atoms with Crippen molar-refractivity contribution in [3.63, 3.8) is 0 Å². The van der Waals surface area contributed by atoms with Gasteiger partial charge in [-0.25, -0.2) is 9.59 Å². The Morgan fingerprint density at radius 3 is 1.76 bits per heavy atom. The van der Waals surface area contributed by atoms with Gasteiger partial charge in [-0.05, 0) is 47.5 Å². The molecule has 2 aliphatic rings. The average molecular weight is 821 g/mol. The Morgan fingerprint density at radius 1 is 0.707 bits per heavy atom. The molecule has 2 aromatic carbocycles. The van der Waals surface area contributed by atoms with Crippen LogP contribution in [0.4, 0.5) is 0 Å². The number of hydrogen-bond donors (Lipinski definition) is 5. The second-order valence-electron chi connectivity index (χ2n) is 12.7. The number of rotatable bonds is 16. The van der Waals surface area contributed by atoms with Crippen LogP contribution in [0, 0.1) is 0 Å². The number of phenolic OH excluding ortho intramolecular Hbond substituents is 2. The van der Waals surface area contributed by atoms with Crippen LogP contribution in [0.1, 0.15) is 31.9 Å². The highest BCUT2D eigenvalue weighted by Gasteiger charge is 2.62. The summed E-state index contributed by atoms with van der Waals surface area (Å²) in [5.41, 5.74) is 0.820. The smallest absolute Gasteiger partial charge is 0.331 e. The summed E-state index contributed by atoms with van der Waals surface area (Å²) in [6.07, 6.45) is -9.72. The number of ether oxygens (including phenoxy) is 10. The fourth-order valence-electron chi connectivity index (χ4n) is 5.87. The molecular formula is C38H44O20. The lowest BCUT2D eigenvalue weighted by Gasteiger charge is -2.45. The lowest BCUT2D eigenvalue weighted by molar-refractivity contribution is -0.384. The molecule has 5 N–H and O–H groups in total. The third kappa shape index (κ3) is 11.4. The van der Waals surface area contributed by atoms with E-state index in [1.807, 2.05) is 0 Å². The molecule has 0 aliphatic carbocycles. The molecule has 58 heavy (non-hydrogen) atoms. The van der Waals surface area contributed by atoms with Gasteiger partial charge in [0.1, 0.15) is 44.2 Å². The Hall–Kier alpha value is -5.77. The first-order valence-corrected chi connectivity index (χ1v) is 17.4. The van der Waals surface area contributed by atoms with E-state index in [0.29, 0.717) is 11.1 Å². The van der Waals surface area contributed by atoms with Crippen molar-refractivity contribution in [3.8, 4) is 23.0 Å². The molecule has 2 saturated heterocycles. The van der Waals surface area contributed by atoms with Gasteiger partial charge < -0.3 is 72.9 Å². The first-order chi connectivity index (χ1) is 27.5. The third-order valence-electron chi connectivity index (χ3n) is 8.55. The quantitative estimate of drug-likeness (QED) is 0.0863. The monoisotopic (exact) mass is 820 g/mol. The van der Waals surface area contributed by atoms with Gasteiger partial charge in [0, 0.05) is 32.9 Å². The number of methoxy groups -OCH3 is 2. The van der Waals surface area contributed by atoms with Crippen LogP contribution in [0.5, 0.6) is 23.0 Å². The molecule has 0 spiro atoms. The second-order valence-corrected chi connectivity index (χ2v) is 12.7. The first-order valence-electron chi connectivity index (χ1n) is 17.4. The van der Waals surface area contributed by atoms with Crippen molar-refractivity contribution in [2.24, 2.45) is 0 Å². The molecule has 20 heteroatoms. The summed E-state index contributed by atoms with van der Waals surface area (Å²) < 4.78 is 54.3. The number of hydrogen-bond acceptors (Lipinski definition) is 20. The zero-order valence-corrected chi connectivity index (χ0v) is 31.9. The number of phenols is 2. The average Bonchev–Trinajstić information content (AvgIpc) is 3.43. The van der Waals surface area contributed by atoms with Crippen molar-refractivity contribution >= 4 is 42.0 Å². The van der Waals surface area contributed by atoms with Crippen LogP contribution in [0.25, 0.3) is 12.2 Å². The number of aromatic hydroxyl groups is 2. The molecule has 316 valence electrons. The number of carbonyl (C=O) groups excluding carboxylic acids is 5. The normalized spacial score (nSPS) is 26.8. The highest BCUT2D eigenvalue weighted by molar-refractivity contribution is 5.88. The number of aliphatic hydroxyl groups is 3. The van der Waals surface area contributed by atoms with Crippen LogP contribution in [-0.4, -0.2) is 144 Å². The van der Waals surface area contributed by atoms with Crippen LogP contribution in [-0.2, 0) is 61.9 Å². The molecule has 0 aromatic heterocycles. The van der Waals surface area contributed by atoms with Crippen LogP contribution in [0.3, 0.4) is 0 Å². The standard InChI is InChI=1S/C38H44O20/c1-19(40)51-17-29-34(53-20(2)41)33(48)35(54-21(3)42)37(55-29)58-38(18-39)36(56-31(46)13-9-23-7-11-25(44)27(15-23)50-5)32(47)28(57-38)16-52-30(45)12-8-22-6-10-24(43)26(14-22)49-4/h6-15,28-29,32-37,39,43-44,47-48H,16-18H2,1-5H3/b12-8+,13-9+/t28-,29-,32-,33+,34-,35-,36+,37+,38+/m1/s1. The highest BCUT2D eigenvalue weighted by Crippen LogP contribution is 2.39. The number of esters is 5. The van der Waals surface area contributed by atoms with Gasteiger partial charge in [-0.2, -0.15) is 0 Å². The largest absolute Gasteiger partial charge is 0.504 e. The lowest BCUT2D eigenvalue weighted by Crippen LogP contribution is -2.64. The lowest BCUT2D eigenvalue weighted by atomic mass is 9.98. The number of aliphatic hydroxyl groups excluding tert-OH is 3. The van der Waals surface area contributed by atoms with Crippen LogP contribution in [0.15, 0.2) is 48.6 Å². The van der Waals surface area contributed by atoms with E-state index in [4.69, 9.17) is 47.4 Å². The van der Waals surface area contributed by atoms with Crippen LogP contribution < -0.4 is 9.47 Å². The van der Waals surface area contributed by atoms with Gasteiger partial charge in [-0.15, -0.1) is 0 Å². The zero-order chi connectivity index (χ0) is 42.7. The van der Waals surface area contributed by atoms with Crippen LogP contribution >= 0.6 is 0 Å². The first kappa shape index (κ1) is 44.9. The molecule has 2 aromatic rings. The molecule has 0 unspecified atom stereocenters. The molecule has 2 aliphatic heterocycles. The van der Waals surface area contributed by atoms with Crippen molar-refractivity contribution in [2.75, 3.05) is 34.0 Å². The summed E-state index contributed by atoms with van der Waals surface area (Å²) in [7, 11) is 2.66. The molecule has 0 amide bonds. The fraction of sp³-hybridized carbons (Fsp3) is 0.447. The summed E-state index contributed by atoms with van der Waals surface area (Å²) in [6, 6.07) is 8.44. The minimum Gasteiger partial charge on any atom is -0.504 e. The summed E-state index contributed by atoms with van der Waals surface area (Å²) in [5.74, 6) is -7.41. The van der Waals surface area contributed by atoms with E-state index in [0.717, 1.165) is 32.9 Å². The topological polar surface area (TPSA) is 279 Å². The molecule has 0 bridgehead atoms. The minimum absolute atomic E-state index is 0.0952. The second kappa shape index (κ2) is 20.1. The summed E-state index contributed by atoms with van der Waals surface area (Å²) in [4.78, 5) is 61.8. The highest BCUT2D eigenvalue weighted by atomic mass is 16.8. The predicted octanol–water partition coefficient (Wildman–Crippen LogP) is 0.274. The van der Waals surface area contributed by atoms with Gasteiger partial charge in [-0.1, -0.05) is 12.1 Å². The van der Waals surface area contributed by atoms with Crippen molar-refractivity contribution in [1.82, 2.24) is 0 Å². The molecule has 9 atom stereocenters. The van der Waals surface area contributed by atoms with Crippen molar-refractivity contribution in [2.45, 2.75) is 75.6 Å². The summed E-state index contributed by atoms with van der Waals surface area (Å²) in [5, 5.41) is 53.4. The molecule has 4 rings (SSSR count). The SMILES string of the molecule is COc1cc(/C=C/C(=O)OC[C@H]2O[C@@](CO)(O[C@@H]3O[C@H](COC(C)=O)[C@@H](OC(C)=O)[C@H](O)[C@H]3OC(C)=O)[C@@H](OC(=O)/C=C/c3ccc(O)c(OC)c3)[C@@H]2O)ccc1O. The molecule has 2 heterocycles. The molecule has 2 fully saturated rings. The Kier molecular flexibility index (Phi) is 15.6. The Balaban J connectivity index is 1.65. The summed E-state index contributed by atoms with van der Waals surface area (Å²) in [6.45, 7) is 0.496. The van der Waals surface area contributed by atoms with E-state index < -0.39 is 104 Å². The minimum atomic E-state index is -2.62. The summed E-state index contributed by atoms with van der Waals surface area (Å²) >= 11 is 0. The van der Waals surface area contributed by atoms with Gasteiger partial charge in [0.05, 0.1) is 14.2 Å². The maximum atomic E-state index is 13.3. The van der Waals surface area contributed by atoms with Crippen molar-refractivity contribution in [1.29, 1.82) is 0 Å². The molecule has 20 nitrogen and oxygen atoms in total. The third-order valence-corrected chi connectivity index (χ3v) is 8.55. The van der Waals surface area contributed by atoms with E-state index in [1.165, 1.54) is 62.8 Å². The van der Waals surface area contributed by atoms with E-state index in [9.17, 15) is 49.5 Å². The van der Waals surface area contributed by atoms with E-state index in [1.54, 1.807) is 0 Å². The molecular weight excluding hydrogens is 776 g/mol. The Labute approximate surface area is 331 Å². The van der Waals surface area contributed by atoms with Crippen molar-refractivity contribution in [3.05, 3.63) is 59.7 Å². The van der Waals surface area contributed by atoms with E-state index in [2.05, 4.69) is 0 Å². The number of carbonyl (C=O) groups is 5. The molecule has 0 radical (unpaired) electrons. The van der Waals surface area contributed by atoms with Gasteiger partial charge in [0.15, 0.2) is 41.3 Å².